The number of aliphatic hydroxyl groups is 1. The maximum absolute atomic E-state index is 13.0. The van der Waals surface area contributed by atoms with Gasteiger partial charge < -0.3 is 15.3 Å². The molecule has 4 rings (SSSR count). The Bertz CT molecular complexity index is 782. The first-order valence-corrected chi connectivity index (χ1v) is 11.1. The number of amides is 2. The van der Waals surface area contributed by atoms with Crippen molar-refractivity contribution in [2.75, 3.05) is 13.2 Å². The van der Waals surface area contributed by atoms with Gasteiger partial charge in [0.1, 0.15) is 0 Å². The molecule has 0 radical (unpaired) electrons. The van der Waals surface area contributed by atoms with E-state index in [0.717, 1.165) is 37.7 Å². The molecule has 2 N–H and O–H groups in total. The number of rotatable bonds is 6. The van der Waals surface area contributed by atoms with Gasteiger partial charge in [-0.3, -0.25) is 9.59 Å². The van der Waals surface area contributed by atoms with Crippen molar-refractivity contribution in [3.05, 3.63) is 41.5 Å². The van der Waals surface area contributed by atoms with Gasteiger partial charge in [-0.1, -0.05) is 36.8 Å². The molecule has 0 aromatic heterocycles. The van der Waals surface area contributed by atoms with Crippen LogP contribution in [0.15, 0.2) is 30.3 Å². The lowest BCUT2D eigenvalue weighted by atomic mass is 9.72. The lowest BCUT2D eigenvalue weighted by Gasteiger charge is -2.56. The van der Waals surface area contributed by atoms with Crippen LogP contribution >= 0.6 is 0 Å². The molecule has 1 saturated carbocycles. The molecule has 0 unspecified atom stereocenters. The molecular weight excluding hydrogens is 364 g/mol. The molecule has 0 spiro atoms. The van der Waals surface area contributed by atoms with E-state index in [4.69, 9.17) is 0 Å². The molecule has 2 aliphatic carbocycles. The zero-order valence-electron chi connectivity index (χ0n) is 17.3. The van der Waals surface area contributed by atoms with Crippen LogP contribution in [0.25, 0.3) is 5.57 Å². The second-order valence-electron chi connectivity index (χ2n) is 8.75. The lowest BCUT2D eigenvalue weighted by molar-refractivity contribution is -0.158. The van der Waals surface area contributed by atoms with Gasteiger partial charge in [-0.15, -0.1) is 0 Å². The van der Waals surface area contributed by atoms with Crippen LogP contribution < -0.4 is 5.32 Å². The number of likely N-dealkylation sites (tertiary alicyclic amines) is 1. The monoisotopic (exact) mass is 396 g/mol. The van der Waals surface area contributed by atoms with E-state index < -0.39 is 0 Å². The van der Waals surface area contributed by atoms with Crippen molar-refractivity contribution >= 4 is 17.4 Å². The van der Waals surface area contributed by atoms with Crippen molar-refractivity contribution in [1.29, 1.82) is 0 Å². The van der Waals surface area contributed by atoms with Crippen LogP contribution in [0.5, 0.6) is 0 Å². The molecule has 5 heteroatoms. The third kappa shape index (κ3) is 3.97. The second-order valence-corrected chi connectivity index (χ2v) is 8.75. The fourth-order valence-electron chi connectivity index (χ4n) is 5.08. The lowest BCUT2D eigenvalue weighted by Crippen LogP contribution is -2.69. The van der Waals surface area contributed by atoms with Crippen molar-refractivity contribution in [2.45, 2.75) is 69.9 Å². The Morgan fingerprint density at radius 3 is 2.41 bits per heavy atom. The van der Waals surface area contributed by atoms with Gasteiger partial charge in [-0.25, -0.2) is 0 Å². The minimum atomic E-state index is -0.207. The molecular formula is C24H32N2O3. The van der Waals surface area contributed by atoms with Crippen LogP contribution in [0.4, 0.5) is 0 Å². The fraction of sp³-hybridized carbons (Fsp3) is 0.583. The first kappa shape index (κ1) is 20.1. The number of aliphatic hydroxyl groups excluding tert-OH is 1. The van der Waals surface area contributed by atoms with E-state index in [1.807, 2.05) is 4.90 Å². The number of benzene rings is 1. The zero-order chi connectivity index (χ0) is 20.4. The topological polar surface area (TPSA) is 69.6 Å². The third-order valence-corrected chi connectivity index (χ3v) is 6.96. The number of carbonyl (C=O) groups is 2. The van der Waals surface area contributed by atoms with Crippen LogP contribution in [0, 0.1) is 5.92 Å². The van der Waals surface area contributed by atoms with E-state index in [1.54, 1.807) is 0 Å². The van der Waals surface area contributed by atoms with E-state index in [-0.39, 0.29) is 42.3 Å². The van der Waals surface area contributed by atoms with Gasteiger partial charge in [0.05, 0.1) is 18.7 Å². The molecule has 1 aromatic rings. The number of hydrogen-bond donors (Lipinski definition) is 2. The summed E-state index contributed by atoms with van der Waals surface area (Å²) in [5.74, 6) is 0.188. The number of carbonyl (C=O) groups excluding carboxylic acids is 2. The molecule has 2 amide bonds. The summed E-state index contributed by atoms with van der Waals surface area (Å²) in [5, 5.41) is 13.0. The maximum Gasteiger partial charge on any atom is 0.226 e. The number of hydrogen-bond acceptors (Lipinski definition) is 3. The highest BCUT2D eigenvalue weighted by Crippen LogP contribution is 2.43. The van der Waals surface area contributed by atoms with Gasteiger partial charge in [0.2, 0.25) is 11.8 Å². The summed E-state index contributed by atoms with van der Waals surface area (Å²) >= 11 is 0. The molecule has 29 heavy (non-hydrogen) atoms. The molecule has 0 bridgehead atoms. The Morgan fingerprint density at radius 1 is 1.10 bits per heavy atom. The molecule has 1 saturated heterocycles. The predicted octanol–water partition coefficient (Wildman–Crippen LogP) is 3.24. The minimum Gasteiger partial charge on any atom is -0.394 e. The largest absolute Gasteiger partial charge is 0.394 e. The summed E-state index contributed by atoms with van der Waals surface area (Å²) in [6, 6.07) is 8.33. The fourth-order valence-corrected chi connectivity index (χ4v) is 5.08. The van der Waals surface area contributed by atoms with Crippen molar-refractivity contribution in [3.63, 3.8) is 0 Å². The molecule has 1 aromatic carbocycles. The van der Waals surface area contributed by atoms with Crippen LogP contribution in [0.1, 0.15) is 68.9 Å². The Morgan fingerprint density at radius 2 is 1.86 bits per heavy atom. The first-order chi connectivity index (χ1) is 14.1. The summed E-state index contributed by atoms with van der Waals surface area (Å²) in [6.07, 6.45) is 10.1. The summed E-state index contributed by atoms with van der Waals surface area (Å²) in [4.78, 5) is 26.3. The number of allylic oxidation sites excluding steroid dienone is 2. The molecule has 3 aliphatic rings. The van der Waals surface area contributed by atoms with E-state index in [2.05, 4.69) is 35.7 Å². The van der Waals surface area contributed by atoms with Gasteiger partial charge in [0.15, 0.2) is 0 Å². The van der Waals surface area contributed by atoms with Gasteiger partial charge in [0, 0.05) is 25.3 Å². The highest BCUT2D eigenvalue weighted by molar-refractivity contribution is 5.82. The van der Waals surface area contributed by atoms with Crippen molar-refractivity contribution in [2.24, 2.45) is 5.92 Å². The van der Waals surface area contributed by atoms with E-state index in [9.17, 15) is 14.7 Å². The Labute approximate surface area is 173 Å². The molecule has 1 aliphatic heterocycles. The second kappa shape index (κ2) is 8.70. The first-order valence-electron chi connectivity index (χ1n) is 11.1. The van der Waals surface area contributed by atoms with E-state index in [1.165, 1.54) is 30.9 Å². The van der Waals surface area contributed by atoms with E-state index in [0.29, 0.717) is 6.54 Å². The standard InChI is InChI=1S/C24H32N2O3/c1-16(28)25-14-21-23(22(15-27)26(21)24(29)20-8-5-9-20)19-12-10-18(11-13-19)17-6-3-2-4-7-17/h6,10-13,20-23,27H,2-5,7-9,14-15H2,1H3,(H,25,28)/t21-,22+,23+/m0/s1. The van der Waals surface area contributed by atoms with Crippen molar-refractivity contribution in [3.8, 4) is 0 Å². The predicted molar refractivity (Wildman–Crippen MR) is 113 cm³/mol. The molecule has 2 fully saturated rings. The van der Waals surface area contributed by atoms with Crippen LogP contribution in [-0.2, 0) is 9.59 Å². The number of nitrogens with zero attached hydrogens (tertiary/aromatic N) is 1. The molecule has 3 atom stereocenters. The average molecular weight is 397 g/mol. The van der Waals surface area contributed by atoms with E-state index >= 15 is 0 Å². The highest BCUT2D eigenvalue weighted by atomic mass is 16.3. The highest BCUT2D eigenvalue weighted by Gasteiger charge is 2.52. The van der Waals surface area contributed by atoms with Crippen LogP contribution in [-0.4, -0.2) is 47.1 Å². The normalized spacial score (nSPS) is 26.9. The van der Waals surface area contributed by atoms with Crippen molar-refractivity contribution < 1.29 is 14.7 Å². The minimum absolute atomic E-state index is 0.0465. The van der Waals surface area contributed by atoms with Gasteiger partial charge in [-0.05, 0) is 55.2 Å². The molecule has 5 nitrogen and oxygen atoms in total. The Kier molecular flexibility index (Phi) is 6.04. The molecule has 156 valence electrons. The number of nitrogens with one attached hydrogen (secondary N) is 1. The Hall–Kier alpha value is -2.14. The zero-order valence-corrected chi connectivity index (χ0v) is 17.3. The van der Waals surface area contributed by atoms with Crippen LogP contribution in [0.3, 0.4) is 0 Å². The van der Waals surface area contributed by atoms with Gasteiger partial charge >= 0.3 is 0 Å². The quantitative estimate of drug-likeness (QED) is 0.776. The summed E-state index contributed by atoms with van der Waals surface area (Å²) in [6.45, 7) is 1.89. The summed E-state index contributed by atoms with van der Waals surface area (Å²) in [7, 11) is 0. The third-order valence-electron chi connectivity index (χ3n) is 6.96. The van der Waals surface area contributed by atoms with Gasteiger partial charge in [0.25, 0.3) is 0 Å². The van der Waals surface area contributed by atoms with Crippen molar-refractivity contribution in [1.82, 2.24) is 10.2 Å². The maximum atomic E-state index is 13.0. The van der Waals surface area contributed by atoms with Gasteiger partial charge in [-0.2, -0.15) is 0 Å². The molecule has 1 heterocycles. The SMILES string of the molecule is CC(=O)NC[C@H]1[C@@H](c2ccc(C3=CCCCC3)cc2)[C@@H](CO)N1C(=O)C1CCC1. The summed E-state index contributed by atoms with van der Waals surface area (Å²) < 4.78 is 0. The summed E-state index contributed by atoms with van der Waals surface area (Å²) in [5.41, 5.74) is 3.83. The van der Waals surface area contributed by atoms with Crippen LogP contribution in [0.2, 0.25) is 0 Å². The Balaban J connectivity index is 1.55. The average Bonchev–Trinajstić information content (AvgIpc) is 2.67. The smallest absolute Gasteiger partial charge is 0.226 e.